The smallest absolute Gasteiger partial charge is 0.259 e. The fourth-order valence-corrected chi connectivity index (χ4v) is 1.79. The Bertz CT molecular complexity index is 460. The number of nitrogens with zero attached hydrogens (tertiary/aromatic N) is 1. The predicted octanol–water partition coefficient (Wildman–Crippen LogP) is -0.0282. The largest absolute Gasteiger partial charge is 0.386 e. The van der Waals surface area contributed by atoms with Crippen LogP contribution in [0.1, 0.15) is 23.7 Å². The maximum absolute atomic E-state index is 11.8. The number of β-amino-alcohol motifs (C(OH)–C–C–N with tert-alkyl or cyclic N) is 1. The average Bonchev–Trinajstić information content (AvgIpc) is 2.24. The second-order valence-corrected chi connectivity index (χ2v) is 4.16. The SMILES string of the molecule is CCC1(O)CN(C(=O)c2c[nH]ccc2=O)C1. The number of pyridine rings is 1. The van der Waals surface area contributed by atoms with Crippen molar-refractivity contribution in [1.29, 1.82) is 0 Å². The van der Waals surface area contributed by atoms with Gasteiger partial charge in [0.15, 0.2) is 5.43 Å². The molecule has 2 rings (SSSR count). The highest BCUT2D eigenvalue weighted by atomic mass is 16.3. The highest BCUT2D eigenvalue weighted by Crippen LogP contribution is 2.24. The minimum atomic E-state index is -0.767. The zero-order valence-electron chi connectivity index (χ0n) is 9.06. The molecule has 5 heteroatoms. The van der Waals surface area contributed by atoms with E-state index in [-0.39, 0.29) is 16.9 Å². The van der Waals surface area contributed by atoms with Gasteiger partial charge in [-0.15, -0.1) is 0 Å². The molecular weight excluding hydrogens is 208 g/mol. The first-order chi connectivity index (χ1) is 7.56. The summed E-state index contributed by atoms with van der Waals surface area (Å²) in [5.41, 5.74) is -0.937. The maximum Gasteiger partial charge on any atom is 0.259 e. The van der Waals surface area contributed by atoms with Crippen molar-refractivity contribution in [3.8, 4) is 0 Å². The van der Waals surface area contributed by atoms with E-state index in [4.69, 9.17) is 0 Å². The van der Waals surface area contributed by atoms with Gasteiger partial charge in [0.25, 0.3) is 5.91 Å². The summed E-state index contributed by atoms with van der Waals surface area (Å²) in [5, 5.41) is 9.77. The van der Waals surface area contributed by atoms with Gasteiger partial charge in [0, 0.05) is 18.5 Å². The number of amides is 1. The van der Waals surface area contributed by atoms with Crippen molar-refractivity contribution in [2.24, 2.45) is 0 Å². The first-order valence-corrected chi connectivity index (χ1v) is 5.24. The van der Waals surface area contributed by atoms with Crippen molar-refractivity contribution in [3.05, 3.63) is 34.2 Å². The van der Waals surface area contributed by atoms with Crippen LogP contribution in [-0.2, 0) is 0 Å². The first kappa shape index (κ1) is 10.9. The summed E-state index contributed by atoms with van der Waals surface area (Å²) >= 11 is 0. The lowest BCUT2D eigenvalue weighted by Crippen LogP contribution is -2.63. The Kier molecular flexibility index (Phi) is 2.55. The molecule has 1 aromatic heterocycles. The van der Waals surface area contributed by atoms with E-state index in [0.717, 1.165) is 0 Å². The van der Waals surface area contributed by atoms with Crippen LogP contribution in [0.2, 0.25) is 0 Å². The molecule has 1 saturated heterocycles. The molecule has 5 nitrogen and oxygen atoms in total. The van der Waals surface area contributed by atoms with Gasteiger partial charge in [-0.05, 0) is 6.42 Å². The van der Waals surface area contributed by atoms with Crippen LogP contribution in [0.5, 0.6) is 0 Å². The average molecular weight is 222 g/mol. The van der Waals surface area contributed by atoms with E-state index in [1.165, 1.54) is 23.4 Å². The molecule has 0 aromatic carbocycles. The van der Waals surface area contributed by atoms with Crippen LogP contribution >= 0.6 is 0 Å². The molecule has 0 bridgehead atoms. The van der Waals surface area contributed by atoms with Gasteiger partial charge in [-0.25, -0.2) is 0 Å². The third-order valence-corrected chi connectivity index (χ3v) is 2.97. The van der Waals surface area contributed by atoms with Crippen LogP contribution in [0.15, 0.2) is 23.3 Å². The predicted molar refractivity (Wildman–Crippen MR) is 58.2 cm³/mol. The molecule has 1 fully saturated rings. The number of rotatable bonds is 2. The van der Waals surface area contributed by atoms with Crippen molar-refractivity contribution in [2.75, 3.05) is 13.1 Å². The second-order valence-electron chi connectivity index (χ2n) is 4.16. The van der Waals surface area contributed by atoms with Gasteiger partial charge in [-0.2, -0.15) is 0 Å². The molecule has 1 amide bonds. The summed E-state index contributed by atoms with van der Waals surface area (Å²) < 4.78 is 0. The third kappa shape index (κ3) is 1.74. The third-order valence-electron chi connectivity index (χ3n) is 2.97. The van der Waals surface area contributed by atoms with Crippen molar-refractivity contribution in [2.45, 2.75) is 18.9 Å². The van der Waals surface area contributed by atoms with Gasteiger partial charge in [0.1, 0.15) is 5.56 Å². The highest BCUT2D eigenvalue weighted by Gasteiger charge is 2.42. The lowest BCUT2D eigenvalue weighted by molar-refractivity contribution is -0.0827. The molecule has 1 aliphatic rings. The van der Waals surface area contributed by atoms with Crippen LogP contribution in [0.3, 0.4) is 0 Å². The molecule has 0 radical (unpaired) electrons. The number of hydrogen-bond acceptors (Lipinski definition) is 3. The zero-order valence-corrected chi connectivity index (χ0v) is 9.06. The number of aromatic amines is 1. The lowest BCUT2D eigenvalue weighted by Gasteiger charge is -2.45. The number of aliphatic hydroxyl groups is 1. The summed E-state index contributed by atoms with van der Waals surface area (Å²) in [6.07, 6.45) is 3.49. The summed E-state index contributed by atoms with van der Waals surface area (Å²) in [6, 6.07) is 1.32. The van der Waals surface area contributed by atoms with Gasteiger partial charge in [0.05, 0.1) is 18.7 Å². The molecule has 0 saturated carbocycles. The van der Waals surface area contributed by atoms with Crippen molar-refractivity contribution in [3.63, 3.8) is 0 Å². The molecule has 1 aliphatic heterocycles. The van der Waals surface area contributed by atoms with Gasteiger partial charge in [-0.3, -0.25) is 9.59 Å². The van der Waals surface area contributed by atoms with E-state index in [9.17, 15) is 14.7 Å². The summed E-state index contributed by atoms with van der Waals surface area (Å²) in [7, 11) is 0. The normalized spacial score (nSPS) is 18.0. The molecule has 2 heterocycles. The standard InChI is InChI=1S/C11H14N2O3/c1-2-11(16)6-13(7-11)10(15)8-5-12-4-3-9(8)14/h3-5,16H,2,6-7H2,1H3,(H,12,14). The molecule has 86 valence electrons. The summed E-state index contributed by atoms with van der Waals surface area (Å²) in [6.45, 7) is 2.48. The van der Waals surface area contributed by atoms with Crippen LogP contribution in [0.25, 0.3) is 0 Å². The lowest BCUT2D eigenvalue weighted by atomic mass is 9.91. The maximum atomic E-state index is 11.8. The second kappa shape index (κ2) is 3.75. The van der Waals surface area contributed by atoms with E-state index >= 15 is 0 Å². The molecule has 0 atom stereocenters. The topological polar surface area (TPSA) is 73.4 Å². The van der Waals surface area contributed by atoms with E-state index in [0.29, 0.717) is 19.5 Å². The monoisotopic (exact) mass is 222 g/mol. The Labute approximate surface area is 92.7 Å². The molecule has 0 aliphatic carbocycles. The number of hydrogen-bond donors (Lipinski definition) is 2. The molecule has 2 N–H and O–H groups in total. The Balaban J connectivity index is 2.12. The number of likely N-dealkylation sites (tertiary alicyclic amines) is 1. The molecular formula is C11H14N2O3. The van der Waals surface area contributed by atoms with Crippen LogP contribution < -0.4 is 5.43 Å². The number of nitrogens with one attached hydrogen (secondary N) is 1. The quantitative estimate of drug-likeness (QED) is 0.738. The highest BCUT2D eigenvalue weighted by molar-refractivity contribution is 5.94. The number of aromatic nitrogens is 1. The van der Waals surface area contributed by atoms with Gasteiger partial charge >= 0.3 is 0 Å². The molecule has 1 aromatic rings. The van der Waals surface area contributed by atoms with Crippen molar-refractivity contribution < 1.29 is 9.90 Å². The number of carbonyl (C=O) groups excluding carboxylic acids is 1. The Morgan fingerprint density at radius 1 is 1.62 bits per heavy atom. The van der Waals surface area contributed by atoms with Crippen molar-refractivity contribution in [1.82, 2.24) is 9.88 Å². The molecule has 16 heavy (non-hydrogen) atoms. The van der Waals surface area contributed by atoms with E-state index in [1.807, 2.05) is 6.92 Å². The van der Waals surface area contributed by atoms with Gasteiger partial charge in [0.2, 0.25) is 0 Å². The zero-order chi connectivity index (χ0) is 11.8. The van der Waals surface area contributed by atoms with Gasteiger partial charge in [-0.1, -0.05) is 6.92 Å². The fourth-order valence-electron chi connectivity index (χ4n) is 1.79. The van der Waals surface area contributed by atoms with Crippen LogP contribution in [-0.4, -0.2) is 39.6 Å². The fraction of sp³-hybridized carbons (Fsp3) is 0.455. The van der Waals surface area contributed by atoms with E-state index in [1.54, 1.807) is 0 Å². The van der Waals surface area contributed by atoms with Crippen molar-refractivity contribution >= 4 is 5.91 Å². The number of carbonyl (C=O) groups is 1. The van der Waals surface area contributed by atoms with Crippen LogP contribution in [0.4, 0.5) is 0 Å². The summed E-state index contributed by atoms with van der Waals surface area (Å²) in [5.74, 6) is -0.319. The minimum Gasteiger partial charge on any atom is -0.386 e. The van der Waals surface area contributed by atoms with E-state index < -0.39 is 5.60 Å². The Hall–Kier alpha value is -1.62. The van der Waals surface area contributed by atoms with Crippen LogP contribution in [0, 0.1) is 0 Å². The first-order valence-electron chi connectivity index (χ1n) is 5.24. The summed E-state index contributed by atoms with van der Waals surface area (Å²) in [4.78, 5) is 27.4. The Morgan fingerprint density at radius 3 is 2.88 bits per heavy atom. The number of H-pyrrole nitrogens is 1. The molecule has 0 unspecified atom stereocenters. The minimum absolute atomic E-state index is 0.126. The van der Waals surface area contributed by atoms with E-state index in [2.05, 4.69) is 4.98 Å². The molecule has 0 spiro atoms. The Morgan fingerprint density at radius 2 is 2.31 bits per heavy atom. The van der Waals surface area contributed by atoms with Gasteiger partial charge < -0.3 is 15.0 Å².